The van der Waals surface area contributed by atoms with Gasteiger partial charge in [-0.15, -0.1) is 34.9 Å². The number of fused-ring (bicyclic) bond motifs is 3. The molecule has 0 aliphatic carbocycles. The van der Waals surface area contributed by atoms with Crippen LogP contribution in [0.5, 0.6) is 0 Å². The number of allylic oxidation sites excluding steroid dienone is 2. The summed E-state index contributed by atoms with van der Waals surface area (Å²) in [6.07, 6.45) is 4.75. The molecule has 4 aromatic rings. The predicted molar refractivity (Wildman–Crippen MR) is 178 cm³/mol. The van der Waals surface area contributed by atoms with Gasteiger partial charge in [0.15, 0.2) is 5.78 Å². The molecule has 1 heterocycles. The molecule has 0 aliphatic rings. The van der Waals surface area contributed by atoms with E-state index in [4.69, 9.17) is 9.97 Å². The molecule has 0 amide bonds. The first-order valence-electron chi connectivity index (χ1n) is 15.4. The summed E-state index contributed by atoms with van der Waals surface area (Å²) in [6.45, 7) is 22.5. The molecular weight excluding hydrogens is 709 g/mol. The summed E-state index contributed by atoms with van der Waals surface area (Å²) in [5.74, 6) is 1.08. The van der Waals surface area contributed by atoms with Crippen LogP contribution in [-0.4, -0.2) is 20.9 Å². The van der Waals surface area contributed by atoms with Crippen molar-refractivity contribution in [3.05, 3.63) is 82.4 Å². The van der Waals surface area contributed by atoms with Gasteiger partial charge < -0.3 is 5.11 Å². The summed E-state index contributed by atoms with van der Waals surface area (Å²) in [6, 6.07) is 16.5. The number of aromatic nitrogens is 2. The second-order valence-corrected chi connectivity index (χ2v) is 12.4. The Balaban J connectivity index is 0.000000318. The monoisotopic (exact) mass is 758 g/mol. The van der Waals surface area contributed by atoms with Gasteiger partial charge in [-0.05, 0) is 68.5 Å². The van der Waals surface area contributed by atoms with E-state index < -0.39 is 0 Å². The number of nitrogens with zero attached hydrogens (tertiary/aromatic N) is 2. The Bertz CT molecular complexity index is 1610. The van der Waals surface area contributed by atoms with Crippen LogP contribution in [0, 0.1) is 51.5 Å². The van der Waals surface area contributed by atoms with Crippen LogP contribution in [0.3, 0.4) is 0 Å². The number of ketones is 1. The number of benzene rings is 3. The minimum absolute atomic E-state index is 0. The maximum atomic E-state index is 12.2. The Morgan fingerprint density at radius 2 is 1.42 bits per heavy atom. The van der Waals surface area contributed by atoms with Crippen LogP contribution in [0.2, 0.25) is 0 Å². The van der Waals surface area contributed by atoms with Crippen molar-refractivity contribution in [3.8, 4) is 11.3 Å². The fourth-order valence-electron chi connectivity index (χ4n) is 5.47. The number of hydrogen-bond donors (Lipinski definition) is 1. The van der Waals surface area contributed by atoms with E-state index >= 15 is 0 Å². The minimum Gasteiger partial charge on any atom is -0.512 e. The zero-order valence-corrected chi connectivity index (χ0v) is 30.3. The van der Waals surface area contributed by atoms with Crippen molar-refractivity contribution in [1.82, 2.24) is 9.97 Å². The number of hydrogen-bond acceptors (Lipinski definition) is 4. The van der Waals surface area contributed by atoms with Crippen molar-refractivity contribution in [2.75, 3.05) is 0 Å². The molecule has 43 heavy (non-hydrogen) atoms. The molecule has 233 valence electrons. The van der Waals surface area contributed by atoms with Gasteiger partial charge in [-0.25, -0.2) is 4.98 Å². The van der Waals surface area contributed by atoms with Gasteiger partial charge in [-0.1, -0.05) is 85.2 Å². The molecule has 1 radical (unpaired) electrons. The molecule has 0 spiro atoms. The third kappa shape index (κ3) is 7.99. The van der Waals surface area contributed by atoms with Crippen LogP contribution in [0.15, 0.2) is 48.2 Å². The number of rotatable bonds is 8. The van der Waals surface area contributed by atoms with Gasteiger partial charge in [0, 0.05) is 42.4 Å². The standard InChI is InChI=1S/C23H21N2.C15H28O2.Ir/c1-13-8-14(2)12-19(11-13)22-20-7-6-18-10-15(3)9-16(4)21(18)23(20)25-17(5)24-22;1-7-14(5,8-2)12(16)11-13(17)15(6,9-3)10-4;/h6-11H,1-5H3;11,16H,7-10H2,1-6H3;/q-1;;/b;12-11-;. The van der Waals surface area contributed by atoms with Crippen molar-refractivity contribution < 1.29 is 30.0 Å². The van der Waals surface area contributed by atoms with Gasteiger partial charge in [0.25, 0.3) is 0 Å². The molecule has 4 nitrogen and oxygen atoms in total. The Kier molecular flexibility index (Phi) is 12.4. The SMILES string of the molecule is CCC(C)(CC)C(=O)/C=C(\O)C(C)(CC)CC.Cc1[c-]c(-c2nc(C)nc3c2ccc2cc(C)cc(C)c23)cc(C)c1.[Ir]. The van der Waals surface area contributed by atoms with Crippen LogP contribution in [0.1, 0.15) is 95.3 Å². The second-order valence-electron chi connectivity index (χ2n) is 12.4. The Hall–Kier alpha value is -2.88. The van der Waals surface area contributed by atoms with E-state index in [0.717, 1.165) is 59.2 Å². The van der Waals surface area contributed by atoms with Gasteiger partial charge >= 0.3 is 0 Å². The summed E-state index contributed by atoms with van der Waals surface area (Å²) in [5, 5.41) is 13.7. The Morgan fingerprint density at radius 3 is 1.98 bits per heavy atom. The molecule has 0 atom stereocenters. The van der Waals surface area contributed by atoms with Crippen LogP contribution >= 0.6 is 0 Å². The molecule has 4 rings (SSSR count). The molecule has 0 unspecified atom stereocenters. The van der Waals surface area contributed by atoms with E-state index in [1.165, 1.54) is 33.5 Å². The van der Waals surface area contributed by atoms with E-state index in [-0.39, 0.29) is 42.5 Å². The van der Waals surface area contributed by atoms with Gasteiger partial charge in [-0.3, -0.25) is 9.78 Å². The van der Waals surface area contributed by atoms with Crippen molar-refractivity contribution in [1.29, 1.82) is 0 Å². The first kappa shape index (κ1) is 36.3. The normalized spacial score (nSPS) is 12.1. The largest absolute Gasteiger partial charge is 0.512 e. The van der Waals surface area contributed by atoms with Crippen molar-refractivity contribution in [3.63, 3.8) is 0 Å². The molecule has 1 aromatic heterocycles. The zero-order chi connectivity index (χ0) is 31.4. The van der Waals surface area contributed by atoms with Crippen molar-refractivity contribution in [2.45, 2.75) is 102 Å². The molecule has 0 aliphatic heterocycles. The van der Waals surface area contributed by atoms with Gasteiger partial charge in [0.2, 0.25) is 0 Å². The fourth-order valence-corrected chi connectivity index (χ4v) is 5.47. The summed E-state index contributed by atoms with van der Waals surface area (Å²) >= 11 is 0. The summed E-state index contributed by atoms with van der Waals surface area (Å²) < 4.78 is 0. The number of carbonyl (C=O) groups excluding carboxylic acids is 1. The van der Waals surface area contributed by atoms with E-state index in [0.29, 0.717) is 0 Å². The summed E-state index contributed by atoms with van der Waals surface area (Å²) in [7, 11) is 0. The van der Waals surface area contributed by atoms with Crippen molar-refractivity contribution >= 4 is 27.5 Å². The number of aryl methyl sites for hydroxylation is 5. The van der Waals surface area contributed by atoms with Crippen LogP contribution in [0.4, 0.5) is 0 Å². The third-order valence-corrected chi connectivity index (χ3v) is 9.24. The maximum Gasteiger partial charge on any atom is 0.164 e. The van der Waals surface area contributed by atoms with Gasteiger partial charge in [0.05, 0.1) is 5.52 Å². The van der Waals surface area contributed by atoms with Crippen LogP contribution in [-0.2, 0) is 24.9 Å². The molecule has 0 saturated heterocycles. The maximum absolute atomic E-state index is 12.2. The molecule has 0 saturated carbocycles. The molecular formula is C38H49IrN2O2-. The minimum atomic E-state index is -0.337. The molecule has 3 aromatic carbocycles. The Morgan fingerprint density at radius 1 is 0.837 bits per heavy atom. The second kappa shape index (κ2) is 14.7. The average Bonchev–Trinajstić information content (AvgIpc) is 2.94. The first-order valence-corrected chi connectivity index (χ1v) is 15.4. The Labute approximate surface area is 272 Å². The molecule has 0 bridgehead atoms. The van der Waals surface area contributed by atoms with E-state index in [1.54, 1.807) is 0 Å². The third-order valence-electron chi connectivity index (χ3n) is 9.24. The van der Waals surface area contributed by atoms with Crippen molar-refractivity contribution in [2.24, 2.45) is 10.8 Å². The quantitative estimate of drug-likeness (QED) is 0.0842. The fraction of sp³-hybridized carbons (Fsp3) is 0.447. The molecule has 1 N–H and O–H groups in total. The van der Waals surface area contributed by atoms with Gasteiger partial charge in [0.1, 0.15) is 11.6 Å². The first-order chi connectivity index (χ1) is 19.7. The topological polar surface area (TPSA) is 63.1 Å². The number of aliphatic hydroxyl groups is 1. The average molecular weight is 758 g/mol. The van der Waals surface area contributed by atoms with E-state index in [1.807, 2.05) is 48.5 Å². The number of aliphatic hydroxyl groups excluding tert-OH is 1. The molecule has 5 heteroatoms. The predicted octanol–water partition coefficient (Wildman–Crippen LogP) is 10.4. The smallest absolute Gasteiger partial charge is 0.164 e. The molecule has 0 fully saturated rings. The summed E-state index contributed by atoms with van der Waals surface area (Å²) in [4.78, 5) is 21.7. The number of carbonyl (C=O) groups is 1. The van der Waals surface area contributed by atoms with E-state index in [2.05, 4.69) is 70.2 Å². The van der Waals surface area contributed by atoms with Gasteiger partial charge in [-0.2, -0.15) is 0 Å². The van der Waals surface area contributed by atoms with E-state index in [9.17, 15) is 9.90 Å². The van der Waals surface area contributed by atoms with Crippen LogP contribution < -0.4 is 0 Å². The zero-order valence-electron chi connectivity index (χ0n) is 28.0. The van der Waals surface area contributed by atoms with Crippen LogP contribution in [0.25, 0.3) is 32.9 Å². The summed E-state index contributed by atoms with van der Waals surface area (Å²) in [5.41, 5.74) is 7.33.